The van der Waals surface area contributed by atoms with Crippen LogP contribution in [-0.2, 0) is 26.6 Å². The van der Waals surface area contributed by atoms with Crippen LogP contribution in [0.1, 0.15) is 26.3 Å². The van der Waals surface area contributed by atoms with Gasteiger partial charge in [0.1, 0.15) is 18.8 Å². The first-order valence-corrected chi connectivity index (χ1v) is 8.82. The summed E-state index contributed by atoms with van der Waals surface area (Å²) < 4.78 is 34.7. The van der Waals surface area contributed by atoms with E-state index in [4.69, 9.17) is 18.4 Å². The second-order valence-corrected chi connectivity index (χ2v) is 7.71. The van der Waals surface area contributed by atoms with Crippen LogP contribution in [0.15, 0.2) is 18.2 Å². The molecule has 2 heterocycles. The Labute approximate surface area is 143 Å². The van der Waals surface area contributed by atoms with Gasteiger partial charge in [-0.3, -0.25) is 4.18 Å². The lowest BCUT2D eigenvalue weighted by molar-refractivity contribution is 0.0363. The van der Waals surface area contributed by atoms with Crippen LogP contribution < -0.4 is 9.47 Å². The fraction of sp³-hybridized carbons (Fsp3) is 0.562. The third kappa shape index (κ3) is 3.81. The summed E-state index contributed by atoms with van der Waals surface area (Å²) in [6.07, 6.45) is -0.150. The molecule has 0 spiro atoms. The number of hydrogen-bond acceptors (Lipinski definition) is 6. The molecule has 7 nitrogen and oxygen atoms in total. The van der Waals surface area contributed by atoms with E-state index in [9.17, 15) is 9.00 Å². The van der Waals surface area contributed by atoms with Crippen molar-refractivity contribution in [1.29, 1.82) is 0 Å². The van der Waals surface area contributed by atoms with Crippen molar-refractivity contribution in [2.45, 2.75) is 38.8 Å². The van der Waals surface area contributed by atoms with E-state index >= 15 is 0 Å². The van der Waals surface area contributed by atoms with Crippen LogP contribution in [0.5, 0.6) is 11.5 Å². The molecule has 8 heteroatoms. The average molecular weight is 355 g/mol. The molecule has 24 heavy (non-hydrogen) atoms. The maximum absolute atomic E-state index is 12.3. The van der Waals surface area contributed by atoms with Gasteiger partial charge in [-0.2, -0.15) is 4.31 Å². The zero-order valence-electron chi connectivity index (χ0n) is 13.9. The molecule has 1 fully saturated rings. The quantitative estimate of drug-likeness (QED) is 0.810. The highest BCUT2D eigenvalue weighted by molar-refractivity contribution is 7.78. The van der Waals surface area contributed by atoms with Crippen molar-refractivity contribution in [3.63, 3.8) is 0 Å². The van der Waals surface area contributed by atoms with Gasteiger partial charge in [0.25, 0.3) is 11.3 Å². The minimum atomic E-state index is -1.83. The first-order valence-electron chi connectivity index (χ1n) is 7.79. The third-order valence-electron chi connectivity index (χ3n) is 3.50. The van der Waals surface area contributed by atoms with Gasteiger partial charge in [0.05, 0.1) is 12.6 Å². The summed E-state index contributed by atoms with van der Waals surface area (Å²) in [5.41, 5.74) is 0.283. The monoisotopic (exact) mass is 355 g/mol. The molecule has 132 valence electrons. The van der Waals surface area contributed by atoms with Crippen LogP contribution in [0.3, 0.4) is 0 Å². The van der Waals surface area contributed by atoms with Gasteiger partial charge in [-0.1, -0.05) is 6.07 Å². The molecule has 0 bridgehead atoms. The first kappa shape index (κ1) is 17.0. The van der Waals surface area contributed by atoms with Gasteiger partial charge in [0, 0.05) is 0 Å². The zero-order valence-corrected chi connectivity index (χ0v) is 14.8. The zero-order chi connectivity index (χ0) is 17.3. The standard InChI is InChI=1S/C16H21NO6S/c1-16(2,3)23-15(18)17-12(10-22-24(17)19)8-11-4-5-13-14(9-11)21-7-6-20-13/h4-5,9,12H,6-8,10H2,1-3H3/t12-,24?/m0/s1. The fourth-order valence-corrected chi connectivity index (χ4v) is 3.45. The molecular formula is C16H21NO6S. The number of amides is 1. The van der Waals surface area contributed by atoms with E-state index < -0.39 is 23.0 Å². The van der Waals surface area contributed by atoms with Crippen molar-refractivity contribution in [3.8, 4) is 11.5 Å². The molecule has 1 amide bonds. The number of benzene rings is 1. The molecule has 1 unspecified atom stereocenters. The predicted molar refractivity (Wildman–Crippen MR) is 87.1 cm³/mol. The number of ether oxygens (including phenoxy) is 3. The van der Waals surface area contributed by atoms with Crippen molar-refractivity contribution < 1.29 is 27.4 Å². The predicted octanol–water partition coefficient (Wildman–Crippen LogP) is 2.21. The highest BCUT2D eigenvalue weighted by atomic mass is 32.2. The van der Waals surface area contributed by atoms with Crippen molar-refractivity contribution in [2.75, 3.05) is 19.8 Å². The second kappa shape index (κ2) is 6.60. The topological polar surface area (TPSA) is 74.3 Å². The van der Waals surface area contributed by atoms with E-state index in [2.05, 4.69) is 0 Å². The second-order valence-electron chi connectivity index (χ2n) is 6.64. The summed E-state index contributed by atoms with van der Waals surface area (Å²) in [4.78, 5) is 12.3. The highest BCUT2D eigenvalue weighted by Gasteiger charge is 2.39. The van der Waals surface area contributed by atoms with Crippen LogP contribution in [-0.4, -0.2) is 46.1 Å². The van der Waals surface area contributed by atoms with Crippen LogP contribution >= 0.6 is 0 Å². The molecule has 0 radical (unpaired) electrons. The molecular weight excluding hydrogens is 334 g/mol. The molecule has 0 aliphatic carbocycles. The Hall–Kier alpha value is -1.80. The maximum atomic E-state index is 12.3. The first-order chi connectivity index (χ1) is 11.3. The van der Waals surface area contributed by atoms with Gasteiger partial charge in [-0.05, 0) is 44.9 Å². The Morgan fingerprint density at radius 2 is 2.00 bits per heavy atom. The van der Waals surface area contributed by atoms with Crippen LogP contribution in [0.4, 0.5) is 4.79 Å². The Balaban J connectivity index is 1.73. The van der Waals surface area contributed by atoms with E-state index in [0.717, 1.165) is 9.87 Å². The lowest BCUT2D eigenvalue weighted by Crippen LogP contribution is -2.41. The number of nitrogens with zero attached hydrogens (tertiary/aromatic N) is 1. The number of rotatable bonds is 2. The smallest absolute Gasteiger partial charge is 0.424 e. The summed E-state index contributed by atoms with van der Waals surface area (Å²) >= 11 is -1.83. The van der Waals surface area contributed by atoms with Gasteiger partial charge in [-0.25, -0.2) is 9.00 Å². The highest BCUT2D eigenvalue weighted by Crippen LogP contribution is 2.32. The van der Waals surface area contributed by atoms with E-state index in [1.165, 1.54) is 0 Å². The van der Waals surface area contributed by atoms with Gasteiger partial charge in [0.15, 0.2) is 11.5 Å². The largest absolute Gasteiger partial charge is 0.486 e. The van der Waals surface area contributed by atoms with Crippen molar-refractivity contribution >= 4 is 17.4 Å². The van der Waals surface area contributed by atoms with Gasteiger partial charge >= 0.3 is 6.09 Å². The van der Waals surface area contributed by atoms with Gasteiger partial charge < -0.3 is 14.2 Å². The van der Waals surface area contributed by atoms with E-state index in [-0.39, 0.29) is 12.6 Å². The number of carbonyl (C=O) groups excluding carboxylic acids is 1. The van der Waals surface area contributed by atoms with Gasteiger partial charge in [0.2, 0.25) is 0 Å². The number of carbonyl (C=O) groups is 1. The molecule has 0 saturated carbocycles. The summed E-state index contributed by atoms with van der Waals surface area (Å²) in [5, 5.41) is 0. The Kier molecular flexibility index (Phi) is 4.69. The van der Waals surface area contributed by atoms with Crippen molar-refractivity contribution in [2.24, 2.45) is 0 Å². The van der Waals surface area contributed by atoms with Crippen LogP contribution in [0.2, 0.25) is 0 Å². The molecule has 2 aliphatic rings. The van der Waals surface area contributed by atoms with Crippen molar-refractivity contribution in [1.82, 2.24) is 4.31 Å². The normalized spacial score (nSPS) is 23.2. The lowest BCUT2D eigenvalue weighted by Gasteiger charge is -2.26. The fourth-order valence-electron chi connectivity index (χ4n) is 2.53. The average Bonchev–Trinajstić information content (AvgIpc) is 2.86. The molecule has 1 saturated heterocycles. The minimum absolute atomic E-state index is 0.195. The van der Waals surface area contributed by atoms with E-state index in [1.807, 2.05) is 18.2 Å². The molecule has 0 N–H and O–H groups in total. The lowest BCUT2D eigenvalue weighted by atomic mass is 10.1. The van der Waals surface area contributed by atoms with Crippen LogP contribution in [0, 0.1) is 0 Å². The molecule has 2 aliphatic heterocycles. The molecule has 0 aromatic heterocycles. The summed E-state index contributed by atoms with van der Waals surface area (Å²) in [6, 6.07) is 5.27. The number of fused-ring (bicyclic) bond motifs is 1. The SMILES string of the molecule is CC(C)(C)OC(=O)N1[C@@H](Cc2ccc3c(c2)OCCO3)COS1=O. The molecule has 2 atom stereocenters. The summed E-state index contributed by atoms with van der Waals surface area (Å²) in [5.74, 6) is 1.39. The Morgan fingerprint density at radius 3 is 2.71 bits per heavy atom. The third-order valence-corrected chi connectivity index (χ3v) is 4.61. The summed E-state index contributed by atoms with van der Waals surface area (Å²) in [6.45, 7) is 6.53. The summed E-state index contributed by atoms with van der Waals surface area (Å²) in [7, 11) is 0. The molecule has 1 aromatic rings. The Bertz CT molecular complexity index is 656. The maximum Gasteiger partial charge on any atom is 0.424 e. The van der Waals surface area contributed by atoms with Gasteiger partial charge in [-0.15, -0.1) is 0 Å². The Morgan fingerprint density at radius 1 is 1.29 bits per heavy atom. The minimum Gasteiger partial charge on any atom is -0.486 e. The molecule has 1 aromatic carbocycles. The molecule has 3 rings (SSSR count). The van der Waals surface area contributed by atoms with Crippen LogP contribution in [0.25, 0.3) is 0 Å². The number of hydrogen-bond donors (Lipinski definition) is 0. The van der Waals surface area contributed by atoms with E-state index in [1.54, 1.807) is 20.8 Å². The van der Waals surface area contributed by atoms with Crippen molar-refractivity contribution in [3.05, 3.63) is 23.8 Å². The van der Waals surface area contributed by atoms with E-state index in [0.29, 0.717) is 31.1 Å².